The van der Waals surface area contributed by atoms with Crippen molar-refractivity contribution < 1.29 is 0 Å². The van der Waals surface area contributed by atoms with Crippen molar-refractivity contribution in [2.75, 3.05) is 7.05 Å². The van der Waals surface area contributed by atoms with E-state index in [1.165, 1.54) is 9.75 Å². The molecule has 102 valence electrons. The van der Waals surface area contributed by atoms with Gasteiger partial charge in [0.15, 0.2) is 0 Å². The van der Waals surface area contributed by atoms with E-state index in [-0.39, 0.29) is 0 Å². The van der Waals surface area contributed by atoms with Crippen LogP contribution < -0.4 is 5.32 Å². The van der Waals surface area contributed by atoms with Gasteiger partial charge in [-0.2, -0.15) is 0 Å². The number of thiophene rings is 1. The Bertz CT molecular complexity index is 543. The second-order valence-electron chi connectivity index (χ2n) is 4.87. The average molecular weight is 314 g/mol. The molecule has 1 heterocycles. The first kappa shape index (κ1) is 14.9. The van der Waals surface area contributed by atoms with E-state index >= 15 is 0 Å². The van der Waals surface area contributed by atoms with Gasteiger partial charge in [-0.3, -0.25) is 0 Å². The van der Waals surface area contributed by atoms with Gasteiger partial charge in [0.05, 0.1) is 0 Å². The Morgan fingerprint density at radius 2 is 1.68 bits per heavy atom. The van der Waals surface area contributed by atoms with Crippen molar-refractivity contribution in [3.8, 4) is 10.4 Å². The third-order valence-corrected chi connectivity index (χ3v) is 4.71. The Morgan fingerprint density at radius 1 is 1.05 bits per heavy atom. The molecule has 2 rings (SSSR count). The molecule has 1 N–H and O–H groups in total. The summed E-state index contributed by atoms with van der Waals surface area (Å²) < 4.78 is 0. The van der Waals surface area contributed by atoms with Crippen molar-refractivity contribution in [3.05, 3.63) is 45.3 Å². The number of halogens is 2. The van der Waals surface area contributed by atoms with E-state index in [2.05, 4.69) is 31.3 Å². The first-order valence-corrected chi connectivity index (χ1v) is 7.82. The molecule has 0 amide bonds. The maximum Gasteiger partial charge on any atom is 0.0435 e. The van der Waals surface area contributed by atoms with Gasteiger partial charge in [-0.05, 0) is 48.9 Å². The lowest BCUT2D eigenvalue weighted by Crippen LogP contribution is -2.20. The van der Waals surface area contributed by atoms with Gasteiger partial charge >= 0.3 is 0 Å². The fourth-order valence-electron chi connectivity index (χ4n) is 2.18. The molecule has 1 aromatic heterocycles. The van der Waals surface area contributed by atoms with Gasteiger partial charge in [-0.25, -0.2) is 0 Å². The van der Waals surface area contributed by atoms with Gasteiger partial charge < -0.3 is 5.32 Å². The molecule has 2 aromatic rings. The molecule has 0 radical (unpaired) electrons. The van der Waals surface area contributed by atoms with Crippen molar-refractivity contribution in [1.82, 2.24) is 5.32 Å². The van der Waals surface area contributed by atoms with E-state index in [1.807, 2.05) is 19.2 Å². The lowest BCUT2D eigenvalue weighted by atomic mass is 10.0. The normalized spacial score (nSPS) is 12.9. The molecule has 0 spiro atoms. The van der Waals surface area contributed by atoms with Crippen molar-refractivity contribution in [1.29, 1.82) is 0 Å². The van der Waals surface area contributed by atoms with Crippen LogP contribution in [0.2, 0.25) is 10.0 Å². The van der Waals surface area contributed by atoms with Crippen molar-refractivity contribution >= 4 is 34.5 Å². The minimum atomic E-state index is 0.383. The Kier molecular flexibility index (Phi) is 4.91. The predicted octanol–water partition coefficient (Wildman–Crippen LogP) is 5.64. The number of rotatable bonds is 4. The second kappa shape index (κ2) is 6.27. The van der Waals surface area contributed by atoms with E-state index in [0.29, 0.717) is 22.0 Å². The topological polar surface area (TPSA) is 12.0 Å². The standard InChI is InChI=1S/C15H17Cl2NS/c1-9(2)15(18-3)14-5-4-13(19-14)10-6-11(16)8-12(17)7-10/h4-9,15,18H,1-3H3. The van der Waals surface area contributed by atoms with Gasteiger partial charge in [0, 0.05) is 25.8 Å². The molecule has 1 atom stereocenters. The maximum absolute atomic E-state index is 6.05. The molecular formula is C15H17Cl2NS. The summed E-state index contributed by atoms with van der Waals surface area (Å²) in [6.07, 6.45) is 0. The third-order valence-electron chi connectivity index (χ3n) is 3.06. The highest BCUT2D eigenvalue weighted by Gasteiger charge is 2.16. The molecule has 1 unspecified atom stereocenters. The largest absolute Gasteiger partial charge is 0.312 e. The molecule has 0 aliphatic heterocycles. The summed E-state index contributed by atoms with van der Waals surface area (Å²) in [6, 6.07) is 10.4. The molecule has 19 heavy (non-hydrogen) atoms. The van der Waals surface area contributed by atoms with E-state index in [0.717, 1.165) is 5.56 Å². The van der Waals surface area contributed by atoms with Crippen LogP contribution in [0.25, 0.3) is 10.4 Å². The number of hydrogen-bond donors (Lipinski definition) is 1. The minimum Gasteiger partial charge on any atom is -0.312 e. The summed E-state index contributed by atoms with van der Waals surface area (Å²) in [5.74, 6) is 0.555. The van der Waals surface area contributed by atoms with Crippen LogP contribution in [0.3, 0.4) is 0 Å². The molecule has 0 aliphatic rings. The lowest BCUT2D eigenvalue weighted by Gasteiger charge is -2.18. The molecule has 4 heteroatoms. The van der Waals surface area contributed by atoms with Crippen LogP contribution in [0.15, 0.2) is 30.3 Å². The summed E-state index contributed by atoms with van der Waals surface area (Å²) in [4.78, 5) is 2.53. The Morgan fingerprint density at radius 3 is 2.21 bits per heavy atom. The van der Waals surface area contributed by atoms with Crippen LogP contribution in [-0.2, 0) is 0 Å². The highest BCUT2D eigenvalue weighted by Crippen LogP contribution is 2.36. The van der Waals surface area contributed by atoms with E-state index < -0.39 is 0 Å². The van der Waals surface area contributed by atoms with Gasteiger partial charge in [0.25, 0.3) is 0 Å². The van der Waals surface area contributed by atoms with E-state index in [4.69, 9.17) is 23.2 Å². The number of nitrogens with one attached hydrogen (secondary N) is 1. The van der Waals surface area contributed by atoms with Crippen LogP contribution in [0.5, 0.6) is 0 Å². The average Bonchev–Trinajstić information content (AvgIpc) is 2.77. The Balaban J connectivity index is 2.35. The van der Waals surface area contributed by atoms with Crippen LogP contribution in [-0.4, -0.2) is 7.05 Å². The van der Waals surface area contributed by atoms with Gasteiger partial charge in [0.2, 0.25) is 0 Å². The van der Waals surface area contributed by atoms with Crippen LogP contribution in [0.4, 0.5) is 0 Å². The van der Waals surface area contributed by atoms with Crippen LogP contribution >= 0.6 is 34.5 Å². The Hall–Kier alpha value is -0.540. The first-order valence-electron chi connectivity index (χ1n) is 6.24. The highest BCUT2D eigenvalue weighted by molar-refractivity contribution is 7.15. The van der Waals surface area contributed by atoms with Gasteiger partial charge in [0.1, 0.15) is 0 Å². The summed E-state index contributed by atoms with van der Waals surface area (Å²) in [5, 5.41) is 4.71. The SMILES string of the molecule is CNC(c1ccc(-c2cc(Cl)cc(Cl)c2)s1)C(C)C. The molecule has 0 saturated heterocycles. The summed E-state index contributed by atoms with van der Waals surface area (Å²) in [7, 11) is 2.00. The van der Waals surface area contributed by atoms with Crippen LogP contribution in [0.1, 0.15) is 24.8 Å². The monoisotopic (exact) mass is 313 g/mol. The summed E-state index contributed by atoms with van der Waals surface area (Å²) >= 11 is 13.9. The fraction of sp³-hybridized carbons (Fsp3) is 0.333. The summed E-state index contributed by atoms with van der Waals surface area (Å²) in [6.45, 7) is 4.44. The Labute approximate surface area is 128 Å². The smallest absolute Gasteiger partial charge is 0.0435 e. The molecule has 1 nitrogen and oxygen atoms in total. The summed E-state index contributed by atoms with van der Waals surface area (Å²) in [5.41, 5.74) is 1.08. The first-order chi connectivity index (χ1) is 9.01. The minimum absolute atomic E-state index is 0.383. The molecule has 0 aliphatic carbocycles. The molecule has 1 aromatic carbocycles. The molecule has 0 saturated carbocycles. The third kappa shape index (κ3) is 3.51. The second-order valence-corrected chi connectivity index (χ2v) is 6.86. The van der Waals surface area contributed by atoms with Crippen LogP contribution in [0, 0.1) is 5.92 Å². The lowest BCUT2D eigenvalue weighted by molar-refractivity contribution is 0.449. The number of benzene rings is 1. The molecule has 0 fully saturated rings. The zero-order valence-corrected chi connectivity index (χ0v) is 13.5. The predicted molar refractivity (Wildman–Crippen MR) is 86.4 cm³/mol. The maximum atomic E-state index is 6.05. The molecular weight excluding hydrogens is 297 g/mol. The van der Waals surface area contributed by atoms with Crippen molar-refractivity contribution in [2.24, 2.45) is 5.92 Å². The van der Waals surface area contributed by atoms with Gasteiger partial charge in [-0.1, -0.05) is 37.0 Å². The van der Waals surface area contributed by atoms with Crippen molar-refractivity contribution in [3.63, 3.8) is 0 Å². The zero-order chi connectivity index (χ0) is 14.0. The van der Waals surface area contributed by atoms with Gasteiger partial charge in [-0.15, -0.1) is 11.3 Å². The fourth-order valence-corrected chi connectivity index (χ4v) is 3.98. The van der Waals surface area contributed by atoms with E-state index in [1.54, 1.807) is 17.4 Å². The zero-order valence-electron chi connectivity index (χ0n) is 11.2. The quantitative estimate of drug-likeness (QED) is 0.770. The molecule has 0 bridgehead atoms. The van der Waals surface area contributed by atoms with Crippen molar-refractivity contribution in [2.45, 2.75) is 19.9 Å². The van der Waals surface area contributed by atoms with E-state index in [9.17, 15) is 0 Å². The number of hydrogen-bond acceptors (Lipinski definition) is 2. The highest BCUT2D eigenvalue weighted by atomic mass is 35.5.